The number of ketones is 1. The molecule has 1 aromatic rings. The maximum atomic E-state index is 14.0. The van der Waals surface area contributed by atoms with Crippen LogP contribution in [0.1, 0.15) is 147 Å². The molecule has 4 fully saturated rings. The number of carbonyl (C=O) groups excluding carboxylic acids is 4. The summed E-state index contributed by atoms with van der Waals surface area (Å²) in [4.78, 5) is 57.9. The number of carbonyl (C=O) groups is 4. The zero-order valence-electron chi connectivity index (χ0n) is 35.8. The number of anilines is 1. The molecule has 1 N–H and O–H groups in total. The molecular formula is C47H68N2O6. The van der Waals surface area contributed by atoms with Gasteiger partial charge in [0.1, 0.15) is 17.5 Å². The Morgan fingerprint density at radius 1 is 0.909 bits per heavy atom. The molecule has 4 saturated carbocycles. The zero-order valence-corrected chi connectivity index (χ0v) is 35.8. The van der Waals surface area contributed by atoms with Gasteiger partial charge in [0.25, 0.3) is 0 Å². The van der Waals surface area contributed by atoms with Crippen molar-refractivity contribution in [1.29, 1.82) is 0 Å². The van der Waals surface area contributed by atoms with Crippen LogP contribution in [0.5, 0.6) is 0 Å². The molecule has 1 amide bonds. The molecule has 5 aliphatic rings. The summed E-state index contributed by atoms with van der Waals surface area (Å²) in [6, 6.07) is 5.45. The van der Waals surface area contributed by atoms with Gasteiger partial charge in [-0.15, -0.1) is 0 Å². The van der Waals surface area contributed by atoms with Gasteiger partial charge in [-0.2, -0.15) is 0 Å². The smallest absolute Gasteiger partial charge is 0.312 e. The Morgan fingerprint density at radius 3 is 2.25 bits per heavy atom. The van der Waals surface area contributed by atoms with Gasteiger partial charge in [0, 0.05) is 29.5 Å². The third-order valence-electron chi connectivity index (χ3n) is 15.7. The molecule has 0 radical (unpaired) electrons. The predicted octanol–water partition coefficient (Wildman–Crippen LogP) is 10.2. The standard InChI is InChI=1S/C47H68N2O6/c1-29(2)38-31(50)27-47(23-20-36(51)49-35-15-13-14-26-48-35)25-24-45(11)30(39(38)47)16-17-33-44(10)21-19-34(43(8,9)32(44)18-22-46(33,45)12)54-37(52)28-42(6,7)40(53)55-41(3,4)5/h13-15,20,23,26,29-30,32-34H,16-19,21-22,24-25,27-28H2,1-12H3,(H,48,49,51)/t30-,32+,33-,34+,44+,45-,46-,47+/m1/s1. The van der Waals surface area contributed by atoms with Crippen molar-refractivity contribution >= 4 is 29.4 Å². The van der Waals surface area contributed by atoms with Crippen molar-refractivity contribution in [3.05, 3.63) is 47.7 Å². The highest BCUT2D eigenvalue weighted by molar-refractivity contribution is 6.02. The average molecular weight is 757 g/mol. The van der Waals surface area contributed by atoms with Crippen molar-refractivity contribution in [2.45, 2.75) is 159 Å². The second-order valence-corrected chi connectivity index (χ2v) is 21.3. The number of ether oxygens (including phenoxy) is 2. The van der Waals surface area contributed by atoms with E-state index in [9.17, 15) is 19.2 Å². The molecule has 5 aliphatic carbocycles. The van der Waals surface area contributed by atoms with Crippen LogP contribution in [0.3, 0.4) is 0 Å². The van der Waals surface area contributed by atoms with Crippen LogP contribution in [-0.2, 0) is 28.7 Å². The maximum Gasteiger partial charge on any atom is 0.312 e. The van der Waals surface area contributed by atoms with Crippen molar-refractivity contribution in [3.63, 3.8) is 0 Å². The van der Waals surface area contributed by atoms with E-state index in [1.54, 1.807) is 32.2 Å². The molecule has 1 aromatic heterocycles. The fraction of sp³-hybridized carbons (Fsp3) is 0.723. The lowest BCUT2D eigenvalue weighted by Crippen LogP contribution is -2.65. The van der Waals surface area contributed by atoms with Crippen LogP contribution in [0.2, 0.25) is 0 Å². The Balaban J connectivity index is 1.24. The van der Waals surface area contributed by atoms with E-state index in [1.807, 2.05) is 32.9 Å². The summed E-state index contributed by atoms with van der Waals surface area (Å²) < 4.78 is 12.0. The van der Waals surface area contributed by atoms with Crippen LogP contribution in [0.25, 0.3) is 0 Å². The number of fused-ring (bicyclic) bond motifs is 7. The van der Waals surface area contributed by atoms with Crippen molar-refractivity contribution < 1.29 is 28.7 Å². The first kappa shape index (κ1) is 41.3. The number of hydrogen-bond acceptors (Lipinski definition) is 7. The number of esters is 2. The van der Waals surface area contributed by atoms with E-state index in [0.717, 1.165) is 56.9 Å². The first-order chi connectivity index (χ1) is 25.4. The third kappa shape index (κ3) is 7.04. The Morgan fingerprint density at radius 2 is 1.62 bits per heavy atom. The highest BCUT2D eigenvalue weighted by Crippen LogP contribution is 2.77. The van der Waals surface area contributed by atoms with E-state index < -0.39 is 16.4 Å². The monoisotopic (exact) mass is 757 g/mol. The molecule has 1 heterocycles. The quantitative estimate of drug-likeness (QED) is 0.208. The van der Waals surface area contributed by atoms with Crippen molar-refractivity contribution in [3.8, 4) is 0 Å². The Kier molecular flexibility index (Phi) is 10.5. The topological polar surface area (TPSA) is 112 Å². The molecule has 0 bridgehead atoms. The normalized spacial score (nSPS) is 35.8. The van der Waals surface area contributed by atoms with Gasteiger partial charge in [0.05, 0.1) is 11.8 Å². The van der Waals surface area contributed by atoms with E-state index in [1.165, 1.54) is 5.57 Å². The largest absolute Gasteiger partial charge is 0.462 e. The summed E-state index contributed by atoms with van der Waals surface area (Å²) in [6.07, 6.45) is 13.5. The fourth-order valence-electron chi connectivity index (χ4n) is 12.9. The van der Waals surface area contributed by atoms with E-state index in [4.69, 9.17) is 9.47 Å². The number of pyridine rings is 1. The van der Waals surface area contributed by atoms with E-state index in [0.29, 0.717) is 24.1 Å². The van der Waals surface area contributed by atoms with Gasteiger partial charge < -0.3 is 14.8 Å². The molecule has 8 heteroatoms. The van der Waals surface area contributed by atoms with Gasteiger partial charge in [-0.25, -0.2) is 4.98 Å². The molecule has 0 aromatic carbocycles. The number of hydrogen-bond donors (Lipinski definition) is 1. The van der Waals surface area contributed by atoms with Crippen LogP contribution in [-0.4, -0.2) is 40.3 Å². The number of nitrogens with zero attached hydrogens (tertiary/aromatic N) is 1. The van der Waals surface area contributed by atoms with Crippen LogP contribution in [0, 0.1) is 56.2 Å². The van der Waals surface area contributed by atoms with Gasteiger partial charge >= 0.3 is 11.9 Å². The molecule has 6 rings (SSSR count). The number of amides is 1. The zero-order chi connectivity index (χ0) is 40.6. The molecule has 8 atom stereocenters. The van der Waals surface area contributed by atoms with Crippen molar-refractivity contribution in [2.75, 3.05) is 5.32 Å². The maximum absolute atomic E-state index is 14.0. The molecule has 0 spiro atoms. The fourth-order valence-corrected chi connectivity index (χ4v) is 12.9. The summed E-state index contributed by atoms with van der Waals surface area (Å²) in [7, 11) is 0. The highest BCUT2D eigenvalue weighted by atomic mass is 16.6. The second-order valence-electron chi connectivity index (χ2n) is 21.3. The lowest BCUT2D eigenvalue weighted by Gasteiger charge is -2.72. The Labute approximate surface area is 330 Å². The van der Waals surface area contributed by atoms with E-state index >= 15 is 0 Å². The average Bonchev–Trinajstić information content (AvgIpc) is 3.37. The van der Waals surface area contributed by atoms with Crippen LogP contribution >= 0.6 is 0 Å². The van der Waals surface area contributed by atoms with Gasteiger partial charge in [0.2, 0.25) is 5.91 Å². The summed E-state index contributed by atoms with van der Waals surface area (Å²) >= 11 is 0. The van der Waals surface area contributed by atoms with Gasteiger partial charge in [-0.3, -0.25) is 19.2 Å². The lowest BCUT2D eigenvalue weighted by atomic mass is 9.33. The number of nitrogens with one attached hydrogen (secondary N) is 1. The summed E-state index contributed by atoms with van der Waals surface area (Å²) in [5.74, 6) is 1.09. The molecule has 302 valence electrons. The number of aromatic nitrogens is 1. The summed E-state index contributed by atoms with van der Waals surface area (Å²) in [5.41, 5.74) is 0.183. The summed E-state index contributed by atoms with van der Waals surface area (Å²) in [6.45, 7) is 25.6. The SMILES string of the molecule is CC(C)C1=C2[C@H]3CC[C@@H]4[C@@]5(C)CC[C@H](OC(=O)CC(C)(C)C(=O)OC(C)(C)C)C(C)(C)[C@@H]5CC[C@@]4(C)[C@]3(C)CC[C@@]2(C=CC(=O)Nc2ccccn2)CC1=O. The minimum Gasteiger partial charge on any atom is -0.462 e. The van der Waals surface area contributed by atoms with E-state index in [2.05, 4.69) is 64.8 Å². The minimum atomic E-state index is -0.980. The third-order valence-corrected chi connectivity index (χ3v) is 15.7. The van der Waals surface area contributed by atoms with Crippen LogP contribution in [0.15, 0.2) is 47.7 Å². The second kappa shape index (κ2) is 14.0. The lowest BCUT2D eigenvalue weighted by molar-refractivity contribution is -0.232. The molecular weight excluding hydrogens is 689 g/mol. The highest BCUT2D eigenvalue weighted by Gasteiger charge is 2.70. The number of Topliss-reactive ketones (excluding diaryl/α,β-unsaturated/α-hetero) is 1. The van der Waals surface area contributed by atoms with Crippen molar-refractivity contribution in [2.24, 2.45) is 56.2 Å². The first-order valence-corrected chi connectivity index (χ1v) is 21.0. The molecule has 8 nitrogen and oxygen atoms in total. The van der Waals surface area contributed by atoms with Crippen LogP contribution in [0.4, 0.5) is 5.82 Å². The Hall–Kier alpha value is -3.29. The van der Waals surface area contributed by atoms with E-state index in [-0.39, 0.29) is 69.6 Å². The van der Waals surface area contributed by atoms with Gasteiger partial charge in [-0.05, 0) is 149 Å². The van der Waals surface area contributed by atoms with Gasteiger partial charge in [0.15, 0.2) is 5.78 Å². The molecule has 0 unspecified atom stereocenters. The summed E-state index contributed by atoms with van der Waals surface area (Å²) in [5, 5.41) is 2.90. The molecule has 0 aliphatic heterocycles. The molecule has 0 saturated heterocycles. The van der Waals surface area contributed by atoms with Crippen LogP contribution < -0.4 is 5.32 Å². The van der Waals surface area contributed by atoms with Crippen molar-refractivity contribution in [1.82, 2.24) is 4.98 Å². The minimum absolute atomic E-state index is 0.00174. The number of rotatable bonds is 8. The predicted molar refractivity (Wildman–Crippen MR) is 216 cm³/mol. The van der Waals surface area contributed by atoms with Gasteiger partial charge in [-0.1, -0.05) is 60.6 Å². The molecule has 55 heavy (non-hydrogen) atoms. The first-order valence-electron chi connectivity index (χ1n) is 21.0. The number of allylic oxidation sites excluding steroid dienone is 3. The Bertz CT molecular complexity index is 1770.